The van der Waals surface area contributed by atoms with Gasteiger partial charge < -0.3 is 10.4 Å². The number of aromatic carboxylic acids is 1. The van der Waals surface area contributed by atoms with E-state index in [1.54, 1.807) is 24.3 Å². The van der Waals surface area contributed by atoms with E-state index in [0.717, 1.165) is 17.0 Å². The monoisotopic (exact) mass is 369 g/mol. The van der Waals surface area contributed by atoms with Gasteiger partial charge >= 0.3 is 5.97 Å². The third-order valence-electron chi connectivity index (χ3n) is 6.19. The lowest BCUT2D eigenvalue weighted by molar-refractivity contribution is -0.123. The summed E-state index contributed by atoms with van der Waals surface area (Å²) in [5.41, 5.74) is -0.683. The number of carboxylic acid groups (broad SMARTS) is 1. The first-order valence-electron chi connectivity index (χ1n) is 9.46. The Kier molecular flexibility index (Phi) is 4.45. The Morgan fingerprint density at radius 3 is 2.63 bits per heavy atom. The first-order valence-corrected chi connectivity index (χ1v) is 9.46. The van der Waals surface area contributed by atoms with Crippen molar-refractivity contribution in [2.45, 2.75) is 45.2 Å². The number of nitrogens with zero attached hydrogens (tertiary/aromatic N) is 2. The van der Waals surface area contributed by atoms with Gasteiger partial charge in [-0.25, -0.2) is 9.48 Å². The van der Waals surface area contributed by atoms with Gasteiger partial charge in [-0.05, 0) is 50.0 Å². The molecule has 2 N–H and O–H groups in total. The molecule has 2 aromatic rings. The molecule has 1 aromatic heterocycles. The van der Waals surface area contributed by atoms with Crippen molar-refractivity contribution in [1.29, 1.82) is 0 Å². The van der Waals surface area contributed by atoms with E-state index in [1.807, 2.05) is 6.92 Å². The summed E-state index contributed by atoms with van der Waals surface area (Å²) < 4.78 is 0.953. The number of amides is 1. The molecule has 142 valence electrons. The minimum atomic E-state index is -1.23. The van der Waals surface area contributed by atoms with Gasteiger partial charge in [0.1, 0.15) is 6.54 Å². The zero-order valence-corrected chi connectivity index (χ0v) is 15.2. The van der Waals surface area contributed by atoms with Crippen LogP contribution in [0.4, 0.5) is 0 Å². The Labute approximate surface area is 156 Å². The minimum Gasteiger partial charge on any atom is -0.476 e. The normalized spacial score (nSPS) is 24.9. The van der Waals surface area contributed by atoms with Crippen LogP contribution in [-0.4, -0.2) is 32.8 Å². The van der Waals surface area contributed by atoms with E-state index in [0.29, 0.717) is 11.8 Å². The summed E-state index contributed by atoms with van der Waals surface area (Å²) >= 11 is 0. The molecule has 1 aromatic carbocycles. The van der Waals surface area contributed by atoms with Crippen LogP contribution in [0.3, 0.4) is 0 Å². The Morgan fingerprint density at radius 1 is 1.26 bits per heavy atom. The quantitative estimate of drug-likeness (QED) is 0.840. The van der Waals surface area contributed by atoms with Gasteiger partial charge in [-0.2, -0.15) is 5.10 Å². The molecule has 0 radical (unpaired) electrons. The molecule has 4 atom stereocenters. The highest BCUT2D eigenvalue weighted by Crippen LogP contribution is 2.49. The SMILES string of the molecule is C[C@@H](NC(=O)Cn1nc(C(=O)O)c2ccccc2c1=O)[C@H]1C[C@H]2CC[C@H]1C2. The van der Waals surface area contributed by atoms with Crippen molar-refractivity contribution in [1.82, 2.24) is 15.1 Å². The average molecular weight is 369 g/mol. The van der Waals surface area contributed by atoms with Crippen LogP contribution >= 0.6 is 0 Å². The molecule has 1 amide bonds. The van der Waals surface area contributed by atoms with E-state index >= 15 is 0 Å². The van der Waals surface area contributed by atoms with E-state index < -0.39 is 11.5 Å². The first-order chi connectivity index (χ1) is 12.9. The molecule has 2 aliphatic carbocycles. The van der Waals surface area contributed by atoms with Gasteiger partial charge in [-0.1, -0.05) is 24.6 Å². The summed E-state index contributed by atoms with van der Waals surface area (Å²) in [5, 5.41) is 16.9. The van der Waals surface area contributed by atoms with Crippen LogP contribution in [0.25, 0.3) is 10.8 Å². The van der Waals surface area contributed by atoms with E-state index in [1.165, 1.54) is 19.3 Å². The summed E-state index contributed by atoms with van der Waals surface area (Å²) in [4.78, 5) is 36.6. The smallest absolute Gasteiger partial charge is 0.357 e. The van der Waals surface area contributed by atoms with Crippen molar-refractivity contribution >= 4 is 22.6 Å². The van der Waals surface area contributed by atoms with Crippen LogP contribution in [0, 0.1) is 17.8 Å². The molecule has 1 heterocycles. The van der Waals surface area contributed by atoms with Gasteiger partial charge in [0.2, 0.25) is 5.91 Å². The number of aromatic nitrogens is 2. The summed E-state index contributed by atoms with van der Waals surface area (Å²) in [6.07, 6.45) is 4.96. The van der Waals surface area contributed by atoms with E-state index in [9.17, 15) is 19.5 Å². The molecule has 2 saturated carbocycles. The second kappa shape index (κ2) is 6.79. The summed E-state index contributed by atoms with van der Waals surface area (Å²) in [6, 6.07) is 6.47. The van der Waals surface area contributed by atoms with Crippen LogP contribution in [0.15, 0.2) is 29.1 Å². The van der Waals surface area contributed by atoms with Gasteiger partial charge in [0.25, 0.3) is 5.56 Å². The number of fused-ring (bicyclic) bond motifs is 3. The number of hydrogen-bond donors (Lipinski definition) is 2. The van der Waals surface area contributed by atoms with Crippen molar-refractivity contribution in [2.24, 2.45) is 17.8 Å². The highest BCUT2D eigenvalue weighted by Gasteiger charge is 2.42. The summed E-state index contributed by atoms with van der Waals surface area (Å²) in [7, 11) is 0. The van der Waals surface area contributed by atoms with Crippen molar-refractivity contribution in [3.63, 3.8) is 0 Å². The van der Waals surface area contributed by atoms with Crippen LogP contribution in [0.2, 0.25) is 0 Å². The fourth-order valence-corrected chi connectivity index (χ4v) is 4.95. The summed E-state index contributed by atoms with van der Waals surface area (Å²) in [5.74, 6) is 0.429. The molecule has 0 spiro atoms. The van der Waals surface area contributed by atoms with Crippen molar-refractivity contribution in [3.8, 4) is 0 Å². The largest absolute Gasteiger partial charge is 0.476 e. The number of carbonyl (C=O) groups excluding carboxylic acids is 1. The molecule has 7 nitrogen and oxygen atoms in total. The van der Waals surface area contributed by atoms with Crippen LogP contribution in [-0.2, 0) is 11.3 Å². The first kappa shape index (κ1) is 17.7. The maximum Gasteiger partial charge on any atom is 0.357 e. The number of benzene rings is 1. The predicted molar refractivity (Wildman–Crippen MR) is 99.5 cm³/mol. The molecule has 27 heavy (non-hydrogen) atoms. The Morgan fingerprint density at radius 2 is 2.00 bits per heavy atom. The molecular weight excluding hydrogens is 346 g/mol. The number of hydrogen-bond acceptors (Lipinski definition) is 4. The van der Waals surface area contributed by atoms with E-state index in [2.05, 4.69) is 10.4 Å². The lowest BCUT2D eigenvalue weighted by atomic mass is 9.84. The highest BCUT2D eigenvalue weighted by atomic mass is 16.4. The number of carbonyl (C=O) groups is 2. The molecule has 4 rings (SSSR count). The average Bonchev–Trinajstić information content (AvgIpc) is 3.27. The Hall–Kier alpha value is -2.70. The standard InChI is InChI=1S/C20H23N3O4/c1-11(16-9-12-6-7-13(16)8-12)21-17(24)10-23-19(25)15-5-3-2-4-14(15)18(22-23)20(26)27/h2-5,11-13,16H,6-10H2,1H3,(H,21,24)(H,26,27)/t11-,12+,13+,16-/m1/s1. The summed E-state index contributed by atoms with van der Waals surface area (Å²) in [6.45, 7) is 1.73. The third-order valence-corrected chi connectivity index (χ3v) is 6.19. The van der Waals surface area contributed by atoms with Gasteiger partial charge in [0.15, 0.2) is 5.69 Å². The van der Waals surface area contributed by atoms with Crippen molar-refractivity contribution in [3.05, 3.63) is 40.3 Å². The number of rotatable bonds is 5. The lowest BCUT2D eigenvalue weighted by Gasteiger charge is -2.28. The number of carboxylic acids is 1. The maximum absolute atomic E-state index is 12.6. The Bertz CT molecular complexity index is 967. The fourth-order valence-electron chi connectivity index (χ4n) is 4.95. The van der Waals surface area contributed by atoms with Crippen LogP contribution in [0.1, 0.15) is 43.1 Å². The molecule has 7 heteroatoms. The van der Waals surface area contributed by atoms with Crippen LogP contribution in [0.5, 0.6) is 0 Å². The van der Waals surface area contributed by atoms with Crippen LogP contribution < -0.4 is 10.9 Å². The van der Waals surface area contributed by atoms with E-state index in [4.69, 9.17) is 0 Å². The van der Waals surface area contributed by atoms with Gasteiger partial charge in [-0.3, -0.25) is 9.59 Å². The fraction of sp³-hybridized carbons (Fsp3) is 0.500. The lowest BCUT2D eigenvalue weighted by Crippen LogP contribution is -2.43. The molecule has 2 bridgehead atoms. The highest BCUT2D eigenvalue weighted by molar-refractivity contribution is 6.01. The van der Waals surface area contributed by atoms with Gasteiger partial charge in [0.05, 0.1) is 5.39 Å². The second-order valence-electron chi connectivity index (χ2n) is 7.86. The number of nitrogens with one attached hydrogen (secondary N) is 1. The Balaban J connectivity index is 1.54. The van der Waals surface area contributed by atoms with Gasteiger partial charge in [-0.15, -0.1) is 0 Å². The van der Waals surface area contributed by atoms with Crippen molar-refractivity contribution in [2.75, 3.05) is 0 Å². The third kappa shape index (κ3) is 3.22. The predicted octanol–water partition coefficient (Wildman–Crippen LogP) is 2.04. The molecule has 0 unspecified atom stereocenters. The zero-order valence-electron chi connectivity index (χ0n) is 15.2. The maximum atomic E-state index is 12.6. The van der Waals surface area contributed by atoms with Gasteiger partial charge in [0, 0.05) is 11.4 Å². The molecule has 0 aliphatic heterocycles. The minimum absolute atomic E-state index is 0.0444. The molecular formula is C20H23N3O4. The zero-order chi connectivity index (χ0) is 19.1. The van der Waals surface area contributed by atoms with E-state index in [-0.39, 0.29) is 35.0 Å². The molecule has 2 fully saturated rings. The van der Waals surface area contributed by atoms with Crippen molar-refractivity contribution < 1.29 is 14.7 Å². The molecule has 0 saturated heterocycles. The second-order valence-corrected chi connectivity index (χ2v) is 7.86. The molecule has 2 aliphatic rings. The topological polar surface area (TPSA) is 101 Å².